The van der Waals surface area contributed by atoms with E-state index in [2.05, 4.69) is 0 Å². The number of carbonyl (C=O) groups is 1. The lowest BCUT2D eigenvalue weighted by Crippen LogP contribution is -2.17. The Kier molecular flexibility index (Phi) is 3.35. The molecule has 1 unspecified atom stereocenters. The summed E-state index contributed by atoms with van der Waals surface area (Å²) in [6.07, 6.45) is 7.20. The normalized spacial score (nSPS) is 29.8. The number of halogens is 1. The molecular weight excluding hydrogens is 283 g/mol. The number of rotatable bonds is 5. The van der Waals surface area contributed by atoms with E-state index in [1.165, 1.54) is 37.8 Å². The van der Waals surface area contributed by atoms with E-state index in [1.54, 1.807) is 0 Å². The summed E-state index contributed by atoms with van der Waals surface area (Å²) >= 11 is 0. The standard InChI is InChI=1S/C18H21FO3/c19-16-8-17(14(11-3-4-11)7-15(16)18(20)21)22-9-10-1-2-12-6-13(12)5-10/h7-8,10-13H,1-6,9H2,(H,20,21)/t10?,12-,13+/m0/s1. The lowest BCUT2D eigenvalue weighted by atomic mass is 9.90. The summed E-state index contributed by atoms with van der Waals surface area (Å²) in [5.74, 6) is 1.42. The van der Waals surface area contributed by atoms with Gasteiger partial charge in [-0.15, -0.1) is 0 Å². The van der Waals surface area contributed by atoms with E-state index in [4.69, 9.17) is 9.84 Å². The van der Waals surface area contributed by atoms with Gasteiger partial charge in [-0.3, -0.25) is 0 Å². The van der Waals surface area contributed by atoms with Crippen LogP contribution in [0, 0.1) is 23.6 Å². The predicted octanol–water partition coefficient (Wildman–Crippen LogP) is 4.22. The van der Waals surface area contributed by atoms with E-state index < -0.39 is 11.8 Å². The highest BCUT2D eigenvalue weighted by atomic mass is 19.1. The molecule has 0 amide bonds. The number of benzene rings is 1. The van der Waals surface area contributed by atoms with Crippen LogP contribution in [-0.4, -0.2) is 17.7 Å². The molecule has 4 heteroatoms. The third kappa shape index (κ3) is 2.71. The Labute approximate surface area is 129 Å². The van der Waals surface area contributed by atoms with Crippen LogP contribution in [0.15, 0.2) is 12.1 Å². The van der Waals surface area contributed by atoms with Gasteiger partial charge in [-0.2, -0.15) is 0 Å². The quantitative estimate of drug-likeness (QED) is 0.886. The first-order chi connectivity index (χ1) is 10.6. The van der Waals surface area contributed by atoms with Gasteiger partial charge in [0.05, 0.1) is 12.2 Å². The van der Waals surface area contributed by atoms with Crippen LogP contribution in [-0.2, 0) is 0 Å². The Morgan fingerprint density at radius 1 is 1.18 bits per heavy atom. The van der Waals surface area contributed by atoms with Gasteiger partial charge < -0.3 is 9.84 Å². The second kappa shape index (κ2) is 5.25. The van der Waals surface area contributed by atoms with Crippen molar-refractivity contribution in [3.05, 3.63) is 29.1 Å². The zero-order valence-electron chi connectivity index (χ0n) is 12.6. The molecule has 3 fully saturated rings. The third-order valence-electron chi connectivity index (χ3n) is 5.47. The minimum atomic E-state index is -1.21. The molecule has 0 aromatic heterocycles. The largest absolute Gasteiger partial charge is 0.493 e. The van der Waals surface area contributed by atoms with Gasteiger partial charge in [0.15, 0.2) is 0 Å². The van der Waals surface area contributed by atoms with Gasteiger partial charge in [0, 0.05) is 6.07 Å². The van der Waals surface area contributed by atoms with E-state index >= 15 is 0 Å². The fourth-order valence-corrected chi connectivity index (χ4v) is 3.88. The van der Waals surface area contributed by atoms with Crippen molar-refractivity contribution < 1.29 is 19.0 Å². The van der Waals surface area contributed by atoms with Crippen LogP contribution in [0.4, 0.5) is 4.39 Å². The monoisotopic (exact) mass is 304 g/mol. The van der Waals surface area contributed by atoms with Crippen LogP contribution in [0.2, 0.25) is 0 Å². The van der Waals surface area contributed by atoms with E-state index in [0.717, 1.165) is 30.2 Å². The first-order valence-electron chi connectivity index (χ1n) is 8.31. The molecule has 1 aromatic carbocycles. The molecule has 0 saturated heterocycles. The zero-order chi connectivity index (χ0) is 15.3. The van der Waals surface area contributed by atoms with Crippen molar-refractivity contribution in [1.29, 1.82) is 0 Å². The van der Waals surface area contributed by atoms with Gasteiger partial charge in [0.25, 0.3) is 0 Å². The van der Waals surface area contributed by atoms with Gasteiger partial charge in [-0.25, -0.2) is 9.18 Å². The average molecular weight is 304 g/mol. The summed E-state index contributed by atoms with van der Waals surface area (Å²) in [5, 5.41) is 9.07. The maximum absolute atomic E-state index is 13.9. The molecule has 1 aromatic rings. The SMILES string of the molecule is O=C(O)c1cc(C2CC2)c(OCC2CC[C@H]3C[C@H]3C2)cc1F. The van der Waals surface area contributed by atoms with Crippen LogP contribution < -0.4 is 4.74 Å². The molecule has 4 rings (SSSR count). The molecule has 3 aliphatic carbocycles. The highest BCUT2D eigenvalue weighted by molar-refractivity contribution is 5.88. The highest BCUT2D eigenvalue weighted by Crippen LogP contribution is 2.51. The zero-order valence-corrected chi connectivity index (χ0v) is 12.6. The average Bonchev–Trinajstić information content (AvgIpc) is 3.36. The van der Waals surface area contributed by atoms with Crippen molar-refractivity contribution in [1.82, 2.24) is 0 Å². The number of ether oxygens (including phenoxy) is 1. The Hall–Kier alpha value is -1.58. The van der Waals surface area contributed by atoms with Crippen LogP contribution in [0.5, 0.6) is 5.75 Å². The molecule has 3 aliphatic rings. The second-order valence-electron chi connectivity index (χ2n) is 7.20. The molecule has 0 radical (unpaired) electrons. The number of hydrogen-bond donors (Lipinski definition) is 1. The fraction of sp³-hybridized carbons (Fsp3) is 0.611. The van der Waals surface area contributed by atoms with Gasteiger partial charge in [-0.1, -0.05) is 0 Å². The summed E-state index contributed by atoms with van der Waals surface area (Å²) in [6.45, 7) is 0.634. The van der Waals surface area contributed by atoms with Crippen molar-refractivity contribution in [3.8, 4) is 5.75 Å². The molecule has 0 spiro atoms. The molecule has 3 atom stereocenters. The van der Waals surface area contributed by atoms with Crippen molar-refractivity contribution in [3.63, 3.8) is 0 Å². The first-order valence-corrected chi connectivity index (χ1v) is 8.31. The van der Waals surface area contributed by atoms with E-state index in [1.807, 2.05) is 0 Å². The smallest absolute Gasteiger partial charge is 0.338 e. The third-order valence-corrected chi connectivity index (χ3v) is 5.47. The number of fused-ring (bicyclic) bond motifs is 1. The molecule has 0 bridgehead atoms. The van der Waals surface area contributed by atoms with Gasteiger partial charge >= 0.3 is 5.97 Å². The van der Waals surface area contributed by atoms with Crippen molar-refractivity contribution in [2.75, 3.05) is 6.61 Å². The highest BCUT2D eigenvalue weighted by Gasteiger charge is 2.42. The molecule has 0 aliphatic heterocycles. The molecule has 22 heavy (non-hydrogen) atoms. The summed E-state index contributed by atoms with van der Waals surface area (Å²) in [6, 6.07) is 2.75. The number of carboxylic acids is 1. The fourth-order valence-electron chi connectivity index (χ4n) is 3.88. The molecule has 1 N–H and O–H groups in total. The van der Waals surface area contributed by atoms with E-state index in [0.29, 0.717) is 24.2 Å². The number of aromatic carboxylic acids is 1. The van der Waals surface area contributed by atoms with Gasteiger partial charge in [0.1, 0.15) is 11.6 Å². The van der Waals surface area contributed by atoms with E-state index in [-0.39, 0.29) is 5.56 Å². The maximum atomic E-state index is 13.9. The van der Waals surface area contributed by atoms with Crippen LogP contribution in [0.1, 0.15) is 60.4 Å². The number of hydrogen-bond acceptors (Lipinski definition) is 2. The topological polar surface area (TPSA) is 46.5 Å². The van der Waals surface area contributed by atoms with Gasteiger partial charge in [-0.05, 0) is 73.8 Å². The summed E-state index contributed by atoms with van der Waals surface area (Å²) in [5.41, 5.74) is 0.631. The first kappa shape index (κ1) is 14.0. The maximum Gasteiger partial charge on any atom is 0.338 e. The Morgan fingerprint density at radius 3 is 2.68 bits per heavy atom. The lowest BCUT2D eigenvalue weighted by molar-refractivity contribution is 0.0691. The Bertz CT molecular complexity index is 609. The van der Waals surface area contributed by atoms with Crippen molar-refractivity contribution in [2.24, 2.45) is 17.8 Å². The predicted molar refractivity (Wildman–Crippen MR) is 79.8 cm³/mol. The van der Waals surface area contributed by atoms with Crippen molar-refractivity contribution >= 4 is 5.97 Å². The number of carboxylic acid groups (broad SMARTS) is 1. The summed E-state index contributed by atoms with van der Waals surface area (Å²) < 4.78 is 19.9. The molecule has 3 nitrogen and oxygen atoms in total. The summed E-state index contributed by atoms with van der Waals surface area (Å²) in [7, 11) is 0. The van der Waals surface area contributed by atoms with Crippen molar-refractivity contribution in [2.45, 2.75) is 44.4 Å². The van der Waals surface area contributed by atoms with Crippen LogP contribution >= 0.6 is 0 Å². The molecule has 3 saturated carbocycles. The lowest BCUT2D eigenvalue weighted by Gasteiger charge is -2.22. The van der Waals surface area contributed by atoms with E-state index in [9.17, 15) is 9.18 Å². The van der Waals surface area contributed by atoms with Crippen LogP contribution in [0.3, 0.4) is 0 Å². The van der Waals surface area contributed by atoms with Crippen LogP contribution in [0.25, 0.3) is 0 Å². The molecule has 118 valence electrons. The molecule has 0 heterocycles. The van der Waals surface area contributed by atoms with Gasteiger partial charge in [0.2, 0.25) is 0 Å². The summed E-state index contributed by atoms with van der Waals surface area (Å²) in [4.78, 5) is 11.1. The Balaban J connectivity index is 1.50. The minimum Gasteiger partial charge on any atom is -0.493 e. The second-order valence-corrected chi connectivity index (χ2v) is 7.20. The Morgan fingerprint density at radius 2 is 2.00 bits per heavy atom. The molecular formula is C18H21FO3. The minimum absolute atomic E-state index is 0.243.